The van der Waals surface area contributed by atoms with Gasteiger partial charge in [-0.3, -0.25) is 9.59 Å². The van der Waals surface area contributed by atoms with Crippen molar-refractivity contribution in [3.63, 3.8) is 0 Å². The Morgan fingerprint density at radius 1 is 1.11 bits per heavy atom. The molecule has 0 saturated heterocycles. The number of amides is 1. The first-order valence-electron chi connectivity index (χ1n) is 8.68. The van der Waals surface area contributed by atoms with Crippen LogP contribution in [0.2, 0.25) is 0 Å². The summed E-state index contributed by atoms with van der Waals surface area (Å²) in [5.74, 6) is -1.06. The van der Waals surface area contributed by atoms with Crippen LogP contribution in [0.4, 0.5) is 5.69 Å². The molecule has 150 valence electrons. The van der Waals surface area contributed by atoms with Gasteiger partial charge in [0.2, 0.25) is 10.0 Å². The molecule has 1 N–H and O–H groups in total. The van der Waals surface area contributed by atoms with Gasteiger partial charge in [-0.2, -0.15) is 0 Å². The van der Waals surface area contributed by atoms with Crippen molar-refractivity contribution in [2.45, 2.75) is 31.3 Å². The molecule has 0 aliphatic carbocycles. The number of anilines is 1. The number of sulfonamides is 1. The van der Waals surface area contributed by atoms with E-state index in [4.69, 9.17) is 4.74 Å². The lowest BCUT2D eigenvalue weighted by Crippen LogP contribution is -2.30. The van der Waals surface area contributed by atoms with E-state index in [1.807, 2.05) is 31.2 Å². The summed E-state index contributed by atoms with van der Waals surface area (Å²) in [6.45, 7) is 3.41. The lowest BCUT2D eigenvalue weighted by Gasteiger charge is -2.15. The van der Waals surface area contributed by atoms with Gasteiger partial charge in [0.15, 0.2) is 6.10 Å². The van der Waals surface area contributed by atoms with Crippen LogP contribution in [-0.2, 0) is 30.8 Å². The van der Waals surface area contributed by atoms with E-state index in [1.54, 1.807) is 6.07 Å². The van der Waals surface area contributed by atoms with Gasteiger partial charge < -0.3 is 10.1 Å². The van der Waals surface area contributed by atoms with Crippen LogP contribution in [0.5, 0.6) is 0 Å². The highest BCUT2D eigenvalue weighted by molar-refractivity contribution is 7.89. The fourth-order valence-corrected chi connectivity index (χ4v) is 3.30. The molecule has 0 aromatic heterocycles. The molecule has 0 fully saturated rings. The normalized spacial score (nSPS) is 12.5. The van der Waals surface area contributed by atoms with E-state index in [-0.39, 0.29) is 11.3 Å². The summed E-state index contributed by atoms with van der Waals surface area (Å²) in [6.07, 6.45) is -0.957. The van der Waals surface area contributed by atoms with Crippen LogP contribution < -0.4 is 5.32 Å². The van der Waals surface area contributed by atoms with Gasteiger partial charge in [0.05, 0.1) is 11.3 Å². The van der Waals surface area contributed by atoms with E-state index in [9.17, 15) is 18.0 Å². The zero-order valence-electron chi connectivity index (χ0n) is 16.3. The number of carbonyl (C=O) groups excluding carboxylic acids is 2. The molecule has 2 aromatic carbocycles. The topological polar surface area (TPSA) is 92.8 Å². The third-order valence-electron chi connectivity index (χ3n) is 4.03. The largest absolute Gasteiger partial charge is 0.452 e. The molecule has 28 heavy (non-hydrogen) atoms. The summed E-state index contributed by atoms with van der Waals surface area (Å²) in [4.78, 5) is 24.4. The van der Waals surface area contributed by atoms with Gasteiger partial charge in [0.25, 0.3) is 5.91 Å². The smallest absolute Gasteiger partial charge is 0.311 e. The summed E-state index contributed by atoms with van der Waals surface area (Å²) in [7, 11) is -0.762. The van der Waals surface area contributed by atoms with Crippen molar-refractivity contribution < 1.29 is 22.7 Å². The molecule has 1 amide bonds. The first-order chi connectivity index (χ1) is 13.1. The highest BCUT2D eigenvalue weighted by Gasteiger charge is 2.20. The number of ether oxygens (including phenoxy) is 1. The van der Waals surface area contributed by atoms with Gasteiger partial charge in [-0.25, -0.2) is 12.7 Å². The second-order valence-electron chi connectivity index (χ2n) is 6.60. The zero-order valence-corrected chi connectivity index (χ0v) is 17.1. The van der Waals surface area contributed by atoms with Gasteiger partial charge in [0, 0.05) is 19.8 Å². The minimum absolute atomic E-state index is 0.0549. The minimum atomic E-state index is -3.62. The van der Waals surface area contributed by atoms with Crippen LogP contribution in [0.1, 0.15) is 18.1 Å². The first-order valence-corrected chi connectivity index (χ1v) is 10.1. The van der Waals surface area contributed by atoms with Crippen molar-refractivity contribution >= 4 is 27.6 Å². The van der Waals surface area contributed by atoms with E-state index in [1.165, 1.54) is 39.2 Å². The summed E-state index contributed by atoms with van der Waals surface area (Å²) < 4.78 is 30.6. The molecule has 2 rings (SSSR count). The Bertz CT molecular complexity index is 953. The van der Waals surface area contributed by atoms with Crippen molar-refractivity contribution in [1.29, 1.82) is 0 Å². The third kappa shape index (κ3) is 5.64. The van der Waals surface area contributed by atoms with Crippen LogP contribution in [-0.4, -0.2) is 44.8 Å². The number of aryl methyl sites for hydroxylation is 1. The fraction of sp³-hybridized carbons (Fsp3) is 0.300. The molecule has 0 aliphatic rings. The predicted octanol–water partition coefficient (Wildman–Crippen LogP) is 2.36. The number of nitrogens with zero attached hydrogens (tertiary/aromatic N) is 1. The molecular weight excluding hydrogens is 380 g/mol. The van der Waals surface area contributed by atoms with Crippen LogP contribution in [0.15, 0.2) is 53.4 Å². The van der Waals surface area contributed by atoms with Gasteiger partial charge in [-0.1, -0.05) is 35.9 Å². The maximum atomic E-state index is 12.3. The third-order valence-corrected chi connectivity index (χ3v) is 5.84. The summed E-state index contributed by atoms with van der Waals surface area (Å²) >= 11 is 0. The second kappa shape index (κ2) is 8.99. The summed E-state index contributed by atoms with van der Waals surface area (Å²) in [6, 6.07) is 13.3. The molecule has 0 bridgehead atoms. The Hall–Kier alpha value is -2.71. The molecule has 0 saturated carbocycles. The Labute approximate surface area is 165 Å². The van der Waals surface area contributed by atoms with E-state index in [0.717, 1.165) is 15.4 Å². The molecule has 0 unspecified atom stereocenters. The number of hydrogen-bond donors (Lipinski definition) is 1. The zero-order chi connectivity index (χ0) is 20.9. The van der Waals surface area contributed by atoms with Crippen LogP contribution in [0, 0.1) is 6.92 Å². The number of nitrogens with one attached hydrogen (secondary N) is 1. The maximum Gasteiger partial charge on any atom is 0.311 e. The van der Waals surface area contributed by atoms with E-state index < -0.39 is 28.0 Å². The van der Waals surface area contributed by atoms with Gasteiger partial charge >= 0.3 is 5.97 Å². The van der Waals surface area contributed by atoms with E-state index in [0.29, 0.717) is 5.69 Å². The van der Waals surface area contributed by atoms with Crippen molar-refractivity contribution in [3.05, 3.63) is 59.7 Å². The van der Waals surface area contributed by atoms with Crippen molar-refractivity contribution in [3.8, 4) is 0 Å². The molecule has 8 heteroatoms. The highest BCUT2D eigenvalue weighted by atomic mass is 32.2. The van der Waals surface area contributed by atoms with Crippen LogP contribution in [0.25, 0.3) is 0 Å². The van der Waals surface area contributed by atoms with Gasteiger partial charge in [-0.15, -0.1) is 0 Å². The van der Waals surface area contributed by atoms with Crippen LogP contribution >= 0.6 is 0 Å². The van der Waals surface area contributed by atoms with Crippen molar-refractivity contribution in [2.24, 2.45) is 0 Å². The lowest BCUT2D eigenvalue weighted by atomic mass is 10.1. The van der Waals surface area contributed by atoms with Crippen LogP contribution in [0.3, 0.4) is 0 Å². The molecule has 1 atom stereocenters. The number of esters is 1. The first kappa shape index (κ1) is 21.6. The highest BCUT2D eigenvalue weighted by Crippen LogP contribution is 2.18. The summed E-state index contributed by atoms with van der Waals surface area (Å²) in [5, 5.41) is 2.57. The Morgan fingerprint density at radius 3 is 2.36 bits per heavy atom. The quantitative estimate of drug-likeness (QED) is 0.715. The van der Waals surface area contributed by atoms with E-state index in [2.05, 4.69) is 5.32 Å². The minimum Gasteiger partial charge on any atom is -0.452 e. The molecule has 0 heterocycles. The van der Waals surface area contributed by atoms with E-state index >= 15 is 0 Å². The standard InChI is InChI=1S/C20H24N2O5S/c1-14-8-10-16(11-9-14)12-19(23)27-15(2)20(24)21-17-6-5-7-18(13-17)28(25,26)22(3)4/h5-11,13,15H,12H2,1-4H3,(H,21,24)/t15-/m0/s1. The number of rotatable bonds is 7. The number of benzene rings is 2. The molecule has 0 spiro atoms. The second-order valence-corrected chi connectivity index (χ2v) is 8.75. The van der Waals surface area contributed by atoms with Gasteiger partial charge in [0.1, 0.15) is 0 Å². The molecule has 0 radical (unpaired) electrons. The average Bonchev–Trinajstić information content (AvgIpc) is 2.63. The van der Waals surface area contributed by atoms with Gasteiger partial charge in [-0.05, 0) is 37.6 Å². The van der Waals surface area contributed by atoms with Crippen molar-refractivity contribution in [2.75, 3.05) is 19.4 Å². The Morgan fingerprint density at radius 2 is 1.75 bits per heavy atom. The predicted molar refractivity (Wildman–Crippen MR) is 106 cm³/mol. The summed E-state index contributed by atoms with van der Waals surface area (Å²) in [5.41, 5.74) is 2.18. The monoisotopic (exact) mass is 404 g/mol. The Balaban J connectivity index is 1.98. The molecular formula is C20H24N2O5S. The SMILES string of the molecule is Cc1ccc(CC(=O)O[C@@H](C)C(=O)Nc2cccc(S(=O)(=O)N(C)C)c2)cc1. The Kier molecular flexibility index (Phi) is 6.93. The molecule has 2 aromatic rings. The molecule has 0 aliphatic heterocycles. The average molecular weight is 404 g/mol. The maximum absolute atomic E-state index is 12.3. The number of hydrogen-bond acceptors (Lipinski definition) is 5. The van der Waals surface area contributed by atoms with Crippen molar-refractivity contribution in [1.82, 2.24) is 4.31 Å². The number of carbonyl (C=O) groups is 2. The fourth-order valence-electron chi connectivity index (χ4n) is 2.35. The lowest BCUT2D eigenvalue weighted by molar-refractivity contribution is -0.152. The molecule has 7 nitrogen and oxygen atoms in total.